The lowest BCUT2D eigenvalue weighted by Gasteiger charge is -2.04. The Kier molecular flexibility index (Phi) is 4.41. The van der Waals surface area contributed by atoms with E-state index in [2.05, 4.69) is 20.7 Å². The van der Waals surface area contributed by atoms with Gasteiger partial charge in [0.2, 0.25) is 6.36 Å². The molecular weight excluding hydrogens is 179 g/mol. The van der Waals surface area contributed by atoms with Crippen molar-refractivity contribution in [3.05, 3.63) is 0 Å². The Labute approximate surface area is 55.8 Å². The summed E-state index contributed by atoms with van der Waals surface area (Å²) in [6.45, 7) is 1.43. The van der Waals surface area contributed by atoms with Gasteiger partial charge in [0.05, 0.1) is 0 Å². The van der Waals surface area contributed by atoms with Gasteiger partial charge in [-0.2, -0.15) is 0 Å². The number of aliphatic hydroxyl groups is 1. The van der Waals surface area contributed by atoms with Gasteiger partial charge >= 0.3 is 0 Å². The minimum atomic E-state index is -1.87. The van der Waals surface area contributed by atoms with Crippen LogP contribution in [0.1, 0.15) is 6.92 Å². The van der Waals surface area contributed by atoms with Gasteiger partial charge in [0, 0.05) is 0 Å². The zero-order chi connectivity index (χ0) is 6.57. The van der Waals surface area contributed by atoms with E-state index in [1.165, 1.54) is 0 Å². The second kappa shape index (κ2) is 4.23. The summed E-state index contributed by atoms with van der Waals surface area (Å²) >= 11 is 3.00. The van der Waals surface area contributed by atoms with Crippen molar-refractivity contribution in [2.24, 2.45) is 0 Å². The van der Waals surface area contributed by atoms with Crippen LogP contribution in [0.25, 0.3) is 0 Å². The second-order valence-electron chi connectivity index (χ2n) is 1.31. The standard InChI is InChI=1S/C4H8BrFO2/c1-3(5)8-2-4(6)7/h3-4,7H,2H2,1H3. The highest BCUT2D eigenvalue weighted by Gasteiger charge is 2.00. The Balaban J connectivity index is 2.93. The van der Waals surface area contributed by atoms with Crippen LogP contribution in [0.3, 0.4) is 0 Å². The molecule has 0 radical (unpaired) electrons. The smallest absolute Gasteiger partial charge is 0.220 e. The van der Waals surface area contributed by atoms with Gasteiger partial charge in [-0.25, -0.2) is 4.39 Å². The van der Waals surface area contributed by atoms with E-state index in [1.807, 2.05) is 0 Å². The van der Waals surface area contributed by atoms with Crippen molar-refractivity contribution in [3.8, 4) is 0 Å². The maximum Gasteiger partial charge on any atom is 0.220 e. The lowest BCUT2D eigenvalue weighted by Crippen LogP contribution is -2.11. The summed E-state index contributed by atoms with van der Waals surface area (Å²) in [5, 5.41) is 7.79. The fourth-order valence-electron chi connectivity index (χ4n) is 0.212. The van der Waals surface area contributed by atoms with E-state index in [0.717, 1.165) is 0 Å². The number of alkyl halides is 2. The van der Waals surface area contributed by atoms with Gasteiger partial charge in [-0.3, -0.25) is 0 Å². The molecule has 4 heteroatoms. The monoisotopic (exact) mass is 186 g/mol. The average molecular weight is 187 g/mol. The molecule has 0 amide bonds. The highest BCUT2D eigenvalue weighted by Crippen LogP contribution is 1.99. The van der Waals surface area contributed by atoms with Gasteiger partial charge in [0.1, 0.15) is 11.6 Å². The van der Waals surface area contributed by atoms with Gasteiger partial charge < -0.3 is 9.84 Å². The van der Waals surface area contributed by atoms with Crippen molar-refractivity contribution in [2.75, 3.05) is 6.61 Å². The topological polar surface area (TPSA) is 29.5 Å². The third-order valence-electron chi connectivity index (χ3n) is 0.463. The Hall–Kier alpha value is 0.330. The summed E-state index contributed by atoms with van der Waals surface area (Å²) < 4.78 is 16.1. The fraction of sp³-hybridized carbons (Fsp3) is 1.00. The van der Waals surface area contributed by atoms with Crippen LogP contribution in [0, 0.1) is 0 Å². The van der Waals surface area contributed by atoms with Gasteiger partial charge in [0.15, 0.2) is 0 Å². The largest absolute Gasteiger partial charge is 0.362 e. The molecule has 0 heterocycles. The van der Waals surface area contributed by atoms with Crippen LogP contribution in [0.15, 0.2) is 0 Å². The number of hydrogen-bond donors (Lipinski definition) is 1. The van der Waals surface area contributed by atoms with Crippen molar-refractivity contribution < 1.29 is 14.2 Å². The van der Waals surface area contributed by atoms with E-state index in [9.17, 15) is 4.39 Å². The first-order chi connectivity index (χ1) is 3.63. The minimum Gasteiger partial charge on any atom is -0.362 e. The molecule has 0 spiro atoms. The summed E-state index contributed by atoms with van der Waals surface area (Å²) in [6, 6.07) is 0. The lowest BCUT2D eigenvalue weighted by atomic mass is 10.7. The Morgan fingerprint density at radius 3 is 2.50 bits per heavy atom. The first kappa shape index (κ1) is 8.33. The zero-order valence-corrected chi connectivity index (χ0v) is 6.06. The summed E-state index contributed by atoms with van der Waals surface area (Å²) in [4.78, 5) is 0. The molecule has 0 fully saturated rings. The molecule has 2 nitrogen and oxygen atoms in total. The lowest BCUT2D eigenvalue weighted by molar-refractivity contribution is -0.0410. The van der Waals surface area contributed by atoms with E-state index in [4.69, 9.17) is 5.11 Å². The Bertz CT molecular complexity index is 50.0. The predicted octanol–water partition coefficient (Wildman–Crippen LogP) is 1.03. The molecule has 0 aliphatic rings. The SMILES string of the molecule is CC(Br)OCC(O)F. The van der Waals surface area contributed by atoms with Crippen LogP contribution in [0.2, 0.25) is 0 Å². The number of halogens is 2. The van der Waals surface area contributed by atoms with Gasteiger partial charge in [-0.1, -0.05) is 15.9 Å². The predicted molar refractivity (Wildman–Crippen MR) is 31.5 cm³/mol. The molecule has 0 aromatic rings. The minimum absolute atomic E-state index is 0.201. The Morgan fingerprint density at radius 2 is 2.38 bits per heavy atom. The first-order valence-corrected chi connectivity index (χ1v) is 3.12. The molecule has 2 unspecified atom stereocenters. The molecule has 0 aromatic carbocycles. The molecule has 1 N–H and O–H groups in total. The third-order valence-corrected chi connectivity index (χ3v) is 0.728. The molecule has 0 saturated heterocycles. The molecular formula is C4H8BrFO2. The maximum absolute atomic E-state index is 11.5. The summed E-state index contributed by atoms with van der Waals surface area (Å²) in [6.07, 6.45) is -1.87. The molecule has 0 rings (SSSR count). The summed E-state index contributed by atoms with van der Waals surface area (Å²) in [5.41, 5.74) is 0. The van der Waals surface area contributed by atoms with Crippen molar-refractivity contribution >= 4 is 15.9 Å². The van der Waals surface area contributed by atoms with Crippen LogP contribution >= 0.6 is 15.9 Å². The second-order valence-corrected chi connectivity index (χ2v) is 2.60. The first-order valence-electron chi connectivity index (χ1n) is 2.20. The average Bonchev–Trinajstić information content (AvgIpc) is 1.61. The van der Waals surface area contributed by atoms with Gasteiger partial charge in [-0.05, 0) is 6.92 Å². The van der Waals surface area contributed by atoms with Crippen molar-refractivity contribution in [3.63, 3.8) is 0 Å². The summed E-state index contributed by atoms with van der Waals surface area (Å²) in [5.74, 6) is 0. The summed E-state index contributed by atoms with van der Waals surface area (Å²) in [7, 11) is 0. The van der Waals surface area contributed by atoms with E-state index in [-0.39, 0.29) is 11.6 Å². The fourth-order valence-corrected chi connectivity index (χ4v) is 0.365. The number of ether oxygens (including phenoxy) is 1. The normalized spacial score (nSPS) is 18.0. The molecule has 0 saturated carbocycles. The van der Waals surface area contributed by atoms with E-state index >= 15 is 0 Å². The van der Waals surface area contributed by atoms with Crippen LogP contribution in [0.4, 0.5) is 4.39 Å². The highest BCUT2D eigenvalue weighted by molar-refractivity contribution is 9.09. The molecule has 0 aliphatic carbocycles. The zero-order valence-electron chi connectivity index (χ0n) is 4.47. The molecule has 8 heavy (non-hydrogen) atoms. The number of aliphatic hydroxyl groups excluding tert-OH is 1. The van der Waals surface area contributed by atoms with Crippen LogP contribution in [-0.4, -0.2) is 23.1 Å². The van der Waals surface area contributed by atoms with Crippen molar-refractivity contribution in [1.82, 2.24) is 0 Å². The van der Waals surface area contributed by atoms with E-state index < -0.39 is 6.36 Å². The highest BCUT2D eigenvalue weighted by atomic mass is 79.9. The van der Waals surface area contributed by atoms with Crippen LogP contribution in [0.5, 0.6) is 0 Å². The Morgan fingerprint density at radius 1 is 1.88 bits per heavy atom. The van der Waals surface area contributed by atoms with Gasteiger partial charge in [0.25, 0.3) is 0 Å². The van der Waals surface area contributed by atoms with E-state index in [0.29, 0.717) is 0 Å². The van der Waals surface area contributed by atoms with Gasteiger partial charge in [-0.15, -0.1) is 0 Å². The quantitative estimate of drug-likeness (QED) is 0.668. The number of rotatable bonds is 3. The van der Waals surface area contributed by atoms with Crippen molar-refractivity contribution in [2.45, 2.75) is 18.3 Å². The molecule has 0 aliphatic heterocycles. The number of hydrogen-bond acceptors (Lipinski definition) is 2. The van der Waals surface area contributed by atoms with Crippen LogP contribution in [-0.2, 0) is 4.74 Å². The van der Waals surface area contributed by atoms with Crippen molar-refractivity contribution in [1.29, 1.82) is 0 Å². The molecule has 2 atom stereocenters. The van der Waals surface area contributed by atoms with E-state index in [1.54, 1.807) is 6.92 Å². The molecule has 50 valence electrons. The molecule has 0 bridgehead atoms. The third kappa shape index (κ3) is 6.33. The molecule has 0 aromatic heterocycles. The maximum atomic E-state index is 11.5. The van der Waals surface area contributed by atoms with Crippen LogP contribution < -0.4 is 0 Å².